The molecule has 0 aliphatic heterocycles. The van der Waals surface area contributed by atoms with Gasteiger partial charge in [-0.15, -0.1) is 0 Å². The van der Waals surface area contributed by atoms with Crippen LogP contribution >= 0.6 is 0 Å². The SMILES string of the molecule is CCCOc1ccccc1[C@@H](C)NC(C)C. The Morgan fingerprint density at radius 3 is 2.50 bits per heavy atom. The van der Waals surface area contributed by atoms with E-state index in [9.17, 15) is 0 Å². The van der Waals surface area contributed by atoms with Crippen LogP contribution in [0.3, 0.4) is 0 Å². The zero-order valence-corrected chi connectivity index (χ0v) is 10.8. The van der Waals surface area contributed by atoms with Crippen molar-refractivity contribution in [2.45, 2.75) is 46.2 Å². The summed E-state index contributed by atoms with van der Waals surface area (Å²) in [5.74, 6) is 1.00. The maximum Gasteiger partial charge on any atom is 0.124 e. The number of para-hydroxylation sites is 1. The second-order valence-electron chi connectivity index (χ2n) is 4.43. The van der Waals surface area contributed by atoms with E-state index in [4.69, 9.17) is 4.74 Å². The summed E-state index contributed by atoms with van der Waals surface area (Å²) in [5, 5.41) is 3.50. The van der Waals surface area contributed by atoms with Gasteiger partial charge in [0.25, 0.3) is 0 Å². The summed E-state index contributed by atoms with van der Waals surface area (Å²) in [6.07, 6.45) is 1.04. The van der Waals surface area contributed by atoms with Gasteiger partial charge >= 0.3 is 0 Å². The molecule has 90 valence electrons. The Kier molecular flexibility index (Phi) is 5.33. The van der Waals surface area contributed by atoms with Gasteiger partial charge in [0.2, 0.25) is 0 Å². The number of ether oxygens (including phenoxy) is 1. The monoisotopic (exact) mass is 221 g/mol. The standard InChI is InChI=1S/C14H23NO/c1-5-10-16-14-9-7-6-8-13(14)12(4)15-11(2)3/h6-9,11-12,15H,5,10H2,1-4H3/t12-/m1/s1. The van der Waals surface area contributed by atoms with E-state index in [1.807, 2.05) is 12.1 Å². The summed E-state index contributed by atoms with van der Waals surface area (Å²) in [6.45, 7) is 9.40. The van der Waals surface area contributed by atoms with E-state index < -0.39 is 0 Å². The molecule has 2 nitrogen and oxygen atoms in total. The first kappa shape index (κ1) is 13.0. The molecule has 0 amide bonds. The largest absolute Gasteiger partial charge is 0.493 e. The molecule has 0 aliphatic rings. The van der Waals surface area contributed by atoms with Crippen molar-refractivity contribution in [2.75, 3.05) is 6.61 Å². The van der Waals surface area contributed by atoms with E-state index in [0.717, 1.165) is 18.8 Å². The fourth-order valence-corrected chi connectivity index (χ4v) is 1.77. The molecular weight excluding hydrogens is 198 g/mol. The summed E-state index contributed by atoms with van der Waals surface area (Å²) in [5.41, 5.74) is 1.24. The third-order valence-corrected chi connectivity index (χ3v) is 2.43. The van der Waals surface area contributed by atoms with Crippen LogP contribution in [0.25, 0.3) is 0 Å². The second kappa shape index (κ2) is 6.54. The lowest BCUT2D eigenvalue weighted by molar-refractivity contribution is 0.310. The molecule has 0 aliphatic carbocycles. The van der Waals surface area contributed by atoms with Crippen molar-refractivity contribution < 1.29 is 4.74 Å². The lowest BCUT2D eigenvalue weighted by atomic mass is 10.1. The minimum absolute atomic E-state index is 0.327. The molecule has 0 saturated heterocycles. The zero-order valence-electron chi connectivity index (χ0n) is 10.8. The predicted octanol–water partition coefficient (Wildman–Crippen LogP) is 3.53. The fraction of sp³-hybridized carbons (Fsp3) is 0.571. The molecule has 2 heteroatoms. The van der Waals surface area contributed by atoms with Crippen LogP contribution in [0.2, 0.25) is 0 Å². The van der Waals surface area contributed by atoms with Crippen molar-refractivity contribution in [1.82, 2.24) is 5.32 Å². The summed E-state index contributed by atoms with van der Waals surface area (Å²) in [4.78, 5) is 0. The molecule has 0 spiro atoms. The maximum atomic E-state index is 5.75. The van der Waals surface area contributed by atoms with Crippen molar-refractivity contribution >= 4 is 0 Å². The quantitative estimate of drug-likeness (QED) is 0.793. The molecule has 1 aromatic carbocycles. The summed E-state index contributed by atoms with van der Waals surface area (Å²) < 4.78 is 5.75. The fourth-order valence-electron chi connectivity index (χ4n) is 1.77. The van der Waals surface area contributed by atoms with Gasteiger partial charge in [-0.2, -0.15) is 0 Å². The van der Waals surface area contributed by atoms with Crippen LogP contribution in [0.5, 0.6) is 5.75 Å². The van der Waals surface area contributed by atoms with E-state index in [1.165, 1.54) is 5.56 Å². The lowest BCUT2D eigenvalue weighted by Gasteiger charge is -2.20. The minimum atomic E-state index is 0.327. The highest BCUT2D eigenvalue weighted by atomic mass is 16.5. The minimum Gasteiger partial charge on any atom is -0.493 e. The van der Waals surface area contributed by atoms with Gasteiger partial charge in [0.1, 0.15) is 5.75 Å². The molecular formula is C14H23NO. The average Bonchev–Trinajstić information content (AvgIpc) is 2.25. The van der Waals surface area contributed by atoms with Crippen molar-refractivity contribution in [2.24, 2.45) is 0 Å². The summed E-state index contributed by atoms with van der Waals surface area (Å²) in [6, 6.07) is 9.07. The van der Waals surface area contributed by atoms with Crippen molar-refractivity contribution in [3.8, 4) is 5.75 Å². The molecule has 1 N–H and O–H groups in total. The molecule has 0 saturated carbocycles. The molecule has 0 heterocycles. The van der Waals surface area contributed by atoms with E-state index in [2.05, 4.69) is 45.1 Å². The number of benzene rings is 1. The van der Waals surface area contributed by atoms with Gasteiger partial charge in [-0.05, 0) is 19.4 Å². The van der Waals surface area contributed by atoms with E-state index in [0.29, 0.717) is 12.1 Å². The molecule has 1 atom stereocenters. The highest BCUT2D eigenvalue weighted by Gasteiger charge is 2.11. The van der Waals surface area contributed by atoms with Crippen LogP contribution < -0.4 is 10.1 Å². The molecule has 0 bridgehead atoms. The smallest absolute Gasteiger partial charge is 0.124 e. The Morgan fingerprint density at radius 2 is 1.88 bits per heavy atom. The van der Waals surface area contributed by atoms with Gasteiger partial charge in [0.15, 0.2) is 0 Å². The summed E-state index contributed by atoms with van der Waals surface area (Å²) >= 11 is 0. The van der Waals surface area contributed by atoms with Crippen LogP contribution in [0.1, 0.15) is 45.7 Å². The third kappa shape index (κ3) is 3.86. The van der Waals surface area contributed by atoms with Crippen LogP contribution in [0.4, 0.5) is 0 Å². The van der Waals surface area contributed by atoms with Gasteiger partial charge in [-0.25, -0.2) is 0 Å². The van der Waals surface area contributed by atoms with Gasteiger partial charge in [-0.3, -0.25) is 0 Å². The number of rotatable bonds is 6. The second-order valence-corrected chi connectivity index (χ2v) is 4.43. The maximum absolute atomic E-state index is 5.75. The number of hydrogen-bond donors (Lipinski definition) is 1. The van der Waals surface area contributed by atoms with Crippen molar-refractivity contribution in [1.29, 1.82) is 0 Å². The highest BCUT2D eigenvalue weighted by Crippen LogP contribution is 2.25. The first-order valence-electron chi connectivity index (χ1n) is 6.13. The molecule has 1 aromatic rings. The Labute approximate surface area is 99.0 Å². The molecule has 0 aromatic heterocycles. The molecule has 16 heavy (non-hydrogen) atoms. The Morgan fingerprint density at radius 1 is 1.19 bits per heavy atom. The van der Waals surface area contributed by atoms with Crippen LogP contribution in [0, 0.1) is 0 Å². The molecule has 1 rings (SSSR count). The average molecular weight is 221 g/mol. The van der Waals surface area contributed by atoms with Crippen molar-refractivity contribution in [3.05, 3.63) is 29.8 Å². The Hall–Kier alpha value is -1.02. The van der Waals surface area contributed by atoms with E-state index >= 15 is 0 Å². The topological polar surface area (TPSA) is 21.3 Å². The van der Waals surface area contributed by atoms with Crippen LogP contribution in [0.15, 0.2) is 24.3 Å². The first-order chi connectivity index (χ1) is 7.65. The zero-order chi connectivity index (χ0) is 12.0. The van der Waals surface area contributed by atoms with Crippen LogP contribution in [-0.4, -0.2) is 12.6 Å². The van der Waals surface area contributed by atoms with Gasteiger partial charge in [0, 0.05) is 17.6 Å². The van der Waals surface area contributed by atoms with E-state index in [-0.39, 0.29) is 0 Å². The first-order valence-corrected chi connectivity index (χ1v) is 6.13. The van der Waals surface area contributed by atoms with Gasteiger partial charge in [0.05, 0.1) is 6.61 Å². The van der Waals surface area contributed by atoms with Crippen molar-refractivity contribution in [3.63, 3.8) is 0 Å². The highest BCUT2D eigenvalue weighted by molar-refractivity contribution is 5.35. The predicted molar refractivity (Wildman–Crippen MR) is 68.9 cm³/mol. The number of hydrogen-bond acceptors (Lipinski definition) is 2. The third-order valence-electron chi connectivity index (χ3n) is 2.43. The van der Waals surface area contributed by atoms with E-state index in [1.54, 1.807) is 0 Å². The normalized spacial score (nSPS) is 12.8. The molecule has 0 radical (unpaired) electrons. The van der Waals surface area contributed by atoms with Gasteiger partial charge < -0.3 is 10.1 Å². The van der Waals surface area contributed by atoms with Crippen LogP contribution in [-0.2, 0) is 0 Å². The number of nitrogens with one attached hydrogen (secondary N) is 1. The molecule has 0 unspecified atom stereocenters. The Balaban J connectivity index is 2.76. The Bertz CT molecular complexity index is 309. The molecule has 0 fully saturated rings. The van der Waals surface area contributed by atoms with Gasteiger partial charge in [-0.1, -0.05) is 39.0 Å². The lowest BCUT2D eigenvalue weighted by Crippen LogP contribution is -2.26. The summed E-state index contributed by atoms with van der Waals surface area (Å²) in [7, 11) is 0.